The van der Waals surface area contributed by atoms with Gasteiger partial charge >= 0.3 is 5.97 Å². The molecule has 0 aliphatic heterocycles. The van der Waals surface area contributed by atoms with Crippen LogP contribution in [0.15, 0.2) is 58.4 Å². The van der Waals surface area contributed by atoms with Crippen LogP contribution in [0.4, 0.5) is 0 Å². The van der Waals surface area contributed by atoms with Crippen molar-refractivity contribution in [1.82, 2.24) is 13.9 Å². The molecule has 0 fully saturated rings. The van der Waals surface area contributed by atoms with Crippen LogP contribution in [-0.2, 0) is 26.2 Å². The SMILES string of the molecule is CON(C)S(=O)(=O)c1ccc(C(=O)OCc2cc(=O)n3cc(C)ccc3n2)cc1. The molecule has 0 spiro atoms. The highest BCUT2D eigenvalue weighted by atomic mass is 32.2. The number of fused-ring (bicyclic) bond motifs is 1. The number of esters is 1. The lowest BCUT2D eigenvalue weighted by Crippen LogP contribution is -2.25. The maximum absolute atomic E-state index is 12.2. The van der Waals surface area contributed by atoms with E-state index in [-0.39, 0.29) is 22.6 Å². The lowest BCUT2D eigenvalue weighted by Gasteiger charge is -2.14. The monoisotopic (exact) mass is 417 g/mol. The lowest BCUT2D eigenvalue weighted by molar-refractivity contribution is -0.0258. The molecule has 29 heavy (non-hydrogen) atoms. The van der Waals surface area contributed by atoms with Crippen LogP contribution in [0.5, 0.6) is 0 Å². The van der Waals surface area contributed by atoms with E-state index in [0.717, 1.165) is 5.56 Å². The topological polar surface area (TPSA) is 107 Å². The van der Waals surface area contributed by atoms with Gasteiger partial charge in [0.2, 0.25) is 0 Å². The number of sulfonamides is 1. The Balaban J connectivity index is 1.74. The third-order valence-corrected chi connectivity index (χ3v) is 5.89. The molecule has 0 aliphatic rings. The molecule has 1 aromatic carbocycles. The summed E-state index contributed by atoms with van der Waals surface area (Å²) >= 11 is 0. The Bertz CT molecular complexity index is 1220. The average Bonchev–Trinajstić information content (AvgIpc) is 2.72. The van der Waals surface area contributed by atoms with E-state index in [2.05, 4.69) is 4.98 Å². The summed E-state index contributed by atoms with van der Waals surface area (Å²) in [6, 6.07) is 10.1. The van der Waals surface area contributed by atoms with Gasteiger partial charge < -0.3 is 4.74 Å². The third kappa shape index (κ3) is 4.34. The van der Waals surface area contributed by atoms with Crippen molar-refractivity contribution in [3.05, 3.63) is 75.8 Å². The number of ether oxygens (including phenoxy) is 1. The molecular weight excluding hydrogens is 398 g/mol. The van der Waals surface area contributed by atoms with Gasteiger partial charge in [-0.25, -0.2) is 18.2 Å². The summed E-state index contributed by atoms with van der Waals surface area (Å²) in [5.74, 6) is -0.667. The van der Waals surface area contributed by atoms with Gasteiger partial charge in [0.15, 0.2) is 0 Å². The van der Waals surface area contributed by atoms with Gasteiger partial charge in [0, 0.05) is 19.3 Å². The summed E-state index contributed by atoms with van der Waals surface area (Å²) in [5.41, 5.74) is 1.57. The minimum atomic E-state index is -3.80. The number of carbonyl (C=O) groups is 1. The van der Waals surface area contributed by atoms with Crippen LogP contribution in [0.1, 0.15) is 21.6 Å². The molecule has 0 unspecified atom stereocenters. The summed E-state index contributed by atoms with van der Waals surface area (Å²) < 4.78 is 31.6. The number of benzene rings is 1. The Labute approximate surface area is 167 Å². The number of carbonyl (C=O) groups excluding carboxylic acids is 1. The molecule has 0 N–H and O–H groups in total. The molecule has 10 heteroatoms. The number of nitrogens with zero attached hydrogens (tertiary/aromatic N) is 3. The highest BCUT2D eigenvalue weighted by molar-refractivity contribution is 7.89. The van der Waals surface area contributed by atoms with Gasteiger partial charge in [-0.2, -0.15) is 0 Å². The van der Waals surface area contributed by atoms with Gasteiger partial charge in [-0.05, 0) is 42.8 Å². The van der Waals surface area contributed by atoms with Crippen LogP contribution in [-0.4, -0.2) is 42.4 Å². The number of aromatic nitrogens is 2. The van der Waals surface area contributed by atoms with E-state index in [0.29, 0.717) is 15.8 Å². The van der Waals surface area contributed by atoms with Crippen molar-refractivity contribution >= 4 is 21.6 Å². The fourth-order valence-corrected chi connectivity index (χ4v) is 3.54. The highest BCUT2D eigenvalue weighted by Crippen LogP contribution is 2.16. The molecule has 0 saturated heterocycles. The first-order valence-corrected chi connectivity index (χ1v) is 9.95. The first-order valence-electron chi connectivity index (χ1n) is 8.51. The Morgan fingerprint density at radius 2 is 1.86 bits per heavy atom. The summed E-state index contributed by atoms with van der Waals surface area (Å²) in [6.07, 6.45) is 1.68. The van der Waals surface area contributed by atoms with Crippen molar-refractivity contribution in [2.75, 3.05) is 14.2 Å². The molecule has 0 saturated carbocycles. The van der Waals surface area contributed by atoms with Crippen LogP contribution in [0.2, 0.25) is 0 Å². The molecule has 9 nitrogen and oxygen atoms in total. The van der Waals surface area contributed by atoms with Crippen molar-refractivity contribution < 1.29 is 22.8 Å². The zero-order chi connectivity index (χ0) is 21.2. The number of rotatable bonds is 6. The lowest BCUT2D eigenvalue weighted by atomic mass is 10.2. The molecule has 2 aromatic heterocycles. The van der Waals surface area contributed by atoms with Crippen LogP contribution in [0.25, 0.3) is 5.65 Å². The second-order valence-corrected chi connectivity index (χ2v) is 8.15. The summed E-state index contributed by atoms with van der Waals surface area (Å²) in [4.78, 5) is 33.4. The van der Waals surface area contributed by atoms with Gasteiger partial charge in [-0.3, -0.25) is 14.0 Å². The molecule has 2 heterocycles. The van der Waals surface area contributed by atoms with E-state index in [9.17, 15) is 18.0 Å². The average molecular weight is 417 g/mol. The minimum absolute atomic E-state index is 0.0297. The van der Waals surface area contributed by atoms with Crippen LogP contribution in [0.3, 0.4) is 0 Å². The van der Waals surface area contributed by atoms with Gasteiger partial charge in [-0.1, -0.05) is 10.5 Å². The number of hydroxylamine groups is 1. The quantitative estimate of drug-likeness (QED) is 0.442. The smallest absolute Gasteiger partial charge is 0.338 e. The Hall–Kier alpha value is -3.08. The molecule has 0 aliphatic carbocycles. The van der Waals surface area contributed by atoms with Crippen molar-refractivity contribution in [2.24, 2.45) is 0 Å². The maximum atomic E-state index is 12.2. The van der Waals surface area contributed by atoms with Gasteiger partial charge in [0.1, 0.15) is 12.3 Å². The molecule has 3 aromatic rings. The van der Waals surface area contributed by atoms with Gasteiger partial charge in [0.25, 0.3) is 15.6 Å². The van der Waals surface area contributed by atoms with Gasteiger partial charge in [-0.15, -0.1) is 0 Å². The predicted octanol–water partition coefficient (Wildman–Crippen LogP) is 1.54. The minimum Gasteiger partial charge on any atom is -0.456 e. The third-order valence-electron chi connectivity index (χ3n) is 4.20. The van der Waals surface area contributed by atoms with E-state index in [1.807, 2.05) is 13.0 Å². The molecule has 0 radical (unpaired) electrons. The molecule has 0 bridgehead atoms. The summed E-state index contributed by atoms with van der Waals surface area (Å²) in [5, 5.41) is 0. The van der Waals surface area contributed by atoms with Crippen LogP contribution < -0.4 is 5.56 Å². The van der Waals surface area contributed by atoms with Crippen molar-refractivity contribution in [1.29, 1.82) is 0 Å². The van der Waals surface area contributed by atoms with Crippen molar-refractivity contribution in [3.8, 4) is 0 Å². The largest absolute Gasteiger partial charge is 0.456 e. The van der Waals surface area contributed by atoms with Crippen molar-refractivity contribution in [3.63, 3.8) is 0 Å². The second-order valence-electron chi connectivity index (χ2n) is 6.22. The Kier molecular flexibility index (Phi) is 5.78. The normalized spacial score (nSPS) is 11.7. The first kappa shape index (κ1) is 20.6. The van der Waals surface area contributed by atoms with Crippen LogP contribution >= 0.6 is 0 Å². The fourth-order valence-electron chi connectivity index (χ4n) is 2.56. The van der Waals surface area contributed by atoms with E-state index < -0.39 is 16.0 Å². The zero-order valence-electron chi connectivity index (χ0n) is 16.0. The Morgan fingerprint density at radius 3 is 2.52 bits per heavy atom. The van der Waals surface area contributed by atoms with E-state index >= 15 is 0 Å². The van der Waals surface area contributed by atoms with E-state index in [4.69, 9.17) is 9.57 Å². The molecule has 152 valence electrons. The Morgan fingerprint density at radius 1 is 1.17 bits per heavy atom. The van der Waals surface area contributed by atoms with Crippen LogP contribution in [0, 0.1) is 6.92 Å². The second kappa shape index (κ2) is 8.11. The summed E-state index contributed by atoms with van der Waals surface area (Å²) in [6.45, 7) is 1.68. The number of hydrogen-bond acceptors (Lipinski definition) is 7. The molecular formula is C19H19N3O6S. The summed E-state index contributed by atoms with van der Waals surface area (Å²) in [7, 11) is -1.31. The van der Waals surface area contributed by atoms with Crippen molar-refractivity contribution in [2.45, 2.75) is 18.4 Å². The number of aryl methyl sites for hydroxylation is 1. The highest BCUT2D eigenvalue weighted by Gasteiger charge is 2.21. The fraction of sp³-hybridized carbons (Fsp3) is 0.211. The number of hydrogen-bond donors (Lipinski definition) is 0. The van der Waals surface area contributed by atoms with E-state index in [1.165, 1.54) is 48.9 Å². The predicted molar refractivity (Wildman–Crippen MR) is 104 cm³/mol. The standard InChI is InChI=1S/C19H19N3O6S/c1-13-4-9-17-20-15(10-18(23)22(17)11-13)12-28-19(24)14-5-7-16(8-6-14)29(25,26)21(2)27-3/h4-11H,12H2,1-3H3. The maximum Gasteiger partial charge on any atom is 0.338 e. The molecule has 0 amide bonds. The molecule has 3 rings (SSSR count). The number of pyridine rings is 1. The molecule has 0 atom stereocenters. The van der Waals surface area contributed by atoms with Gasteiger partial charge in [0.05, 0.1) is 23.3 Å². The zero-order valence-corrected chi connectivity index (χ0v) is 16.8. The van der Waals surface area contributed by atoms with E-state index in [1.54, 1.807) is 12.3 Å². The first-order chi connectivity index (χ1) is 13.7.